The molecule has 113 heavy (non-hydrogen) atoms. The molecule has 1 aliphatic carbocycles. The first-order valence-electron chi connectivity index (χ1n) is 38.0. The lowest BCUT2D eigenvalue weighted by Gasteiger charge is -2.32. The molecule has 8 atom stereocenters. The van der Waals surface area contributed by atoms with Gasteiger partial charge in [0, 0.05) is 108 Å². The summed E-state index contributed by atoms with van der Waals surface area (Å²) in [5.74, 6) is -11.5. The Morgan fingerprint density at radius 2 is 1.05 bits per heavy atom. The fourth-order valence-corrected chi connectivity index (χ4v) is 13.0. The number of fused-ring (bicyclic) bond motifs is 1. The van der Waals surface area contributed by atoms with Crippen molar-refractivity contribution in [3.63, 3.8) is 0 Å². The Bertz CT molecular complexity index is 3760. The van der Waals surface area contributed by atoms with E-state index in [0.717, 1.165) is 12.8 Å². The van der Waals surface area contributed by atoms with Gasteiger partial charge in [-0.2, -0.15) is 0 Å². The number of carboxylic acid groups (broad SMARTS) is 3. The number of imidazole rings is 1. The highest BCUT2D eigenvalue weighted by Crippen LogP contribution is 2.30. The number of anilines is 1. The second-order valence-electron chi connectivity index (χ2n) is 29.7. The molecule has 618 valence electrons. The molecule has 2 aromatic carbocycles. The van der Waals surface area contributed by atoms with E-state index >= 15 is 0 Å². The Kier molecular flexibility index (Phi) is 37.6. The number of aliphatic carboxylic acids is 3. The zero-order valence-electron chi connectivity index (χ0n) is 65.2. The van der Waals surface area contributed by atoms with Gasteiger partial charge >= 0.3 is 17.9 Å². The van der Waals surface area contributed by atoms with Crippen LogP contribution in [0.4, 0.5) is 5.69 Å². The normalized spacial score (nSPS) is 17.2. The van der Waals surface area contributed by atoms with E-state index in [-0.39, 0.29) is 147 Å². The van der Waals surface area contributed by atoms with Gasteiger partial charge in [-0.15, -0.1) is 0 Å². The Balaban J connectivity index is 1.05. The minimum atomic E-state index is -1.56. The van der Waals surface area contributed by atoms with Gasteiger partial charge in [0.1, 0.15) is 49.5 Å². The van der Waals surface area contributed by atoms with Gasteiger partial charge in [-0.05, 0) is 85.4 Å². The molecule has 1 fully saturated rings. The lowest BCUT2D eigenvalue weighted by atomic mass is 9.87. The van der Waals surface area contributed by atoms with Crippen LogP contribution >= 0.6 is 0 Å². The zero-order chi connectivity index (χ0) is 82.7. The van der Waals surface area contributed by atoms with E-state index in [1.54, 1.807) is 94.2 Å². The number of primary amides is 1. The number of aromatic nitrogens is 2. The molecule has 1 aromatic heterocycles. The molecule has 3 heterocycles. The lowest BCUT2D eigenvalue weighted by molar-refractivity contribution is -0.140. The first-order valence-corrected chi connectivity index (χ1v) is 38.0. The van der Waals surface area contributed by atoms with Crippen LogP contribution in [0.15, 0.2) is 103 Å². The van der Waals surface area contributed by atoms with Crippen molar-refractivity contribution in [1.29, 1.82) is 0 Å². The average molecular weight is 1580 g/mol. The van der Waals surface area contributed by atoms with Crippen molar-refractivity contribution in [1.82, 2.24) is 82.7 Å². The van der Waals surface area contributed by atoms with E-state index in [1.165, 1.54) is 19.4 Å². The molecule has 36 heteroatoms. The third-order valence-corrected chi connectivity index (χ3v) is 18.8. The van der Waals surface area contributed by atoms with E-state index in [2.05, 4.69) is 96.1 Å². The minimum absolute atomic E-state index is 0.0777. The minimum Gasteiger partial charge on any atom is -0.480 e. The van der Waals surface area contributed by atoms with Gasteiger partial charge in [0.05, 0.1) is 45.1 Å². The van der Waals surface area contributed by atoms with Crippen molar-refractivity contribution in [2.75, 3.05) is 104 Å². The lowest BCUT2D eigenvalue weighted by Crippen LogP contribution is -2.59. The van der Waals surface area contributed by atoms with E-state index < -0.39 is 145 Å². The van der Waals surface area contributed by atoms with Crippen LogP contribution in [0.3, 0.4) is 0 Å². The molecule has 0 saturated carbocycles. The molecule has 0 bridgehead atoms. The molecule has 3 unspecified atom stereocenters. The van der Waals surface area contributed by atoms with Crippen LogP contribution < -0.4 is 64.2 Å². The van der Waals surface area contributed by atoms with E-state index in [0.29, 0.717) is 28.1 Å². The quantitative estimate of drug-likeness (QED) is 0.0305. The summed E-state index contributed by atoms with van der Waals surface area (Å²) in [6, 6.07) is 6.63. The number of nitrogens with zero attached hydrogens (tertiary/aromatic N) is 5. The number of nitrogens with one attached hydrogen (secondary N) is 12. The predicted octanol–water partition coefficient (Wildman–Crippen LogP) is -1.53. The fraction of sp³-hybridized carbons (Fsp3) is 0.545. The smallest absolute Gasteiger partial charge is 0.317 e. The van der Waals surface area contributed by atoms with Crippen molar-refractivity contribution < 1.29 is 87.2 Å². The van der Waals surface area contributed by atoms with Crippen LogP contribution in [0, 0.1) is 23.7 Å². The number of hydrogen-bond acceptors (Lipinski definition) is 21. The molecular weight excluding hydrogens is 1460 g/mol. The molecular formula is C77H112N18O18. The van der Waals surface area contributed by atoms with E-state index in [4.69, 9.17) is 10.5 Å². The SMILES string of the molecule is CC(C)CC(CC(C)C)NC(=O)[C@H](Cc1cnc[nH]1)NC(=O)CNC(=O)C(NC(=O)[C@@H](C)NC(=O)[C@H](CC1=CNC2C=CC=CC12)NC(=O)[C@@H](CCC(N)=O)NC(=O)[C@H](Cc1ccccc1)NC(=O)COCC(=O)Nc1ccc(CNC(=O)CN2CCN(CC(=O)O)CCN(CC(=O)O)CCN(CC(=O)O)CC2)cc1)C(C)C. The number of rotatable bonds is 44. The summed E-state index contributed by atoms with van der Waals surface area (Å²) in [6.07, 6.45) is 12.7. The Morgan fingerprint density at radius 1 is 0.531 bits per heavy atom. The number of amides is 11. The molecule has 17 N–H and O–H groups in total. The molecule has 36 nitrogen and oxygen atoms in total. The standard InChI is InChI=1S/C77H112N18O18/c1-47(2)31-55(32-48(3)4)86-75(110)62(35-56-38-79-46-83-56)87-64(97)39-82-77(112)71(49(5)6)91-72(107)50(7)84-74(109)61(34-53-37-80-58-16-12-11-15-57(53)58)90-73(108)59(21-22-63(78)96)89-76(111)60(33-51-13-9-8-10-14-51)88-67(100)45-113-44-66(99)85-54-19-17-52(18-20-54)36-81-65(98)40-92-23-25-93(41-68(101)102)27-29-95(43-70(105)106)30-28-94(26-24-92)42-69(103)104/h8-20,37-38,46-50,55,57-62,71,80H,21-36,39-45H2,1-7H3,(H2,78,96)(H,79,83)(H,81,98)(H,82,112)(H,84,109)(H,85,99)(H,86,110)(H,87,97)(H,88,100)(H,89,111)(H,90,108)(H,91,107)(H,101,102)(H,103,104)(H,105,106)/t50-,57?,58?,59-,60+,61+,62+,71?/m1/s1. The van der Waals surface area contributed by atoms with Gasteiger partial charge in [0.15, 0.2) is 0 Å². The first-order chi connectivity index (χ1) is 53.7. The maximum Gasteiger partial charge on any atom is 0.317 e. The number of ether oxygens (including phenoxy) is 1. The summed E-state index contributed by atoms with van der Waals surface area (Å²) in [4.78, 5) is 200. The van der Waals surface area contributed by atoms with Crippen LogP contribution in [0.1, 0.15) is 97.4 Å². The molecule has 1 saturated heterocycles. The summed E-state index contributed by atoms with van der Waals surface area (Å²) in [5, 5.41) is 59.0. The second-order valence-corrected chi connectivity index (χ2v) is 29.7. The molecule has 11 amide bonds. The molecule has 3 aromatic rings. The number of benzene rings is 2. The molecule has 6 rings (SSSR count). The van der Waals surface area contributed by atoms with Crippen molar-refractivity contribution in [3.05, 3.63) is 120 Å². The molecule has 3 aliphatic rings. The van der Waals surface area contributed by atoms with Crippen molar-refractivity contribution in [2.45, 2.75) is 148 Å². The fourth-order valence-electron chi connectivity index (χ4n) is 13.0. The van der Waals surface area contributed by atoms with Gasteiger partial charge in [-0.1, -0.05) is 108 Å². The van der Waals surface area contributed by atoms with E-state index in [9.17, 15) is 82.4 Å². The number of hydrogen-bond donors (Lipinski definition) is 16. The van der Waals surface area contributed by atoms with Crippen LogP contribution in [-0.4, -0.2) is 274 Å². The largest absolute Gasteiger partial charge is 0.480 e. The Morgan fingerprint density at radius 3 is 1.61 bits per heavy atom. The van der Waals surface area contributed by atoms with Crippen molar-refractivity contribution >= 4 is 88.6 Å². The Labute approximate surface area is 657 Å². The number of carboxylic acids is 3. The summed E-state index contributed by atoms with van der Waals surface area (Å²) < 4.78 is 5.48. The van der Waals surface area contributed by atoms with Gasteiger partial charge in [-0.25, -0.2) is 4.98 Å². The van der Waals surface area contributed by atoms with Crippen molar-refractivity contribution in [3.8, 4) is 0 Å². The highest BCUT2D eigenvalue weighted by Gasteiger charge is 2.37. The third-order valence-electron chi connectivity index (χ3n) is 18.8. The summed E-state index contributed by atoms with van der Waals surface area (Å²) in [7, 11) is 0. The van der Waals surface area contributed by atoms with E-state index in [1.807, 2.05) is 24.3 Å². The number of carbonyl (C=O) groups excluding carboxylic acids is 11. The van der Waals surface area contributed by atoms with Crippen LogP contribution in [0.25, 0.3) is 0 Å². The monoisotopic (exact) mass is 1580 g/mol. The average Bonchev–Trinajstić information content (AvgIpc) is 1.70. The van der Waals surface area contributed by atoms with Gasteiger partial charge in [0.2, 0.25) is 65.0 Å². The summed E-state index contributed by atoms with van der Waals surface area (Å²) in [6.45, 7) is 11.9. The maximum absolute atomic E-state index is 14.7. The first kappa shape index (κ1) is 90.9. The number of H-pyrrole nitrogens is 1. The molecule has 0 radical (unpaired) electrons. The summed E-state index contributed by atoms with van der Waals surface area (Å²) >= 11 is 0. The highest BCUT2D eigenvalue weighted by molar-refractivity contribution is 5.98. The molecule has 2 aliphatic heterocycles. The van der Waals surface area contributed by atoms with Crippen LogP contribution in [0.2, 0.25) is 0 Å². The second kappa shape index (κ2) is 46.8. The van der Waals surface area contributed by atoms with Crippen molar-refractivity contribution in [2.24, 2.45) is 29.4 Å². The maximum atomic E-state index is 14.7. The van der Waals surface area contributed by atoms with Crippen LogP contribution in [-0.2, 0) is 91.2 Å². The number of allylic oxidation sites excluding steroid dienone is 2. The topological polar surface area (TPSA) is 509 Å². The van der Waals surface area contributed by atoms with Gasteiger partial charge < -0.3 is 89.3 Å². The van der Waals surface area contributed by atoms with Crippen LogP contribution in [0.5, 0.6) is 0 Å². The number of aromatic amines is 1. The van der Waals surface area contributed by atoms with Gasteiger partial charge in [-0.3, -0.25) is 86.7 Å². The third kappa shape index (κ3) is 33.9. The Hall–Kier alpha value is -10.9. The highest BCUT2D eigenvalue weighted by atomic mass is 16.5. The molecule has 0 spiro atoms. The number of nitrogens with two attached hydrogens (primary N) is 1. The predicted molar refractivity (Wildman–Crippen MR) is 415 cm³/mol. The zero-order valence-corrected chi connectivity index (χ0v) is 65.2. The van der Waals surface area contributed by atoms with Gasteiger partial charge in [0.25, 0.3) is 0 Å². The number of carbonyl (C=O) groups is 14. The summed E-state index contributed by atoms with van der Waals surface area (Å²) in [5.41, 5.74) is 8.42.